The molecule has 0 bridgehead atoms. The Morgan fingerprint density at radius 3 is 2.19 bits per heavy atom. The van der Waals surface area contributed by atoms with Crippen molar-refractivity contribution >= 4 is 11.9 Å². The van der Waals surface area contributed by atoms with Crippen molar-refractivity contribution in [2.45, 2.75) is 33.3 Å². The lowest BCUT2D eigenvalue weighted by Gasteiger charge is -2.14. The normalized spacial score (nSPS) is 12.9. The highest BCUT2D eigenvalue weighted by atomic mass is 16.6. The van der Waals surface area contributed by atoms with Crippen molar-refractivity contribution in [1.82, 2.24) is 0 Å². The lowest BCUT2D eigenvalue weighted by Crippen LogP contribution is -2.23. The monoisotopic (exact) mass is 226 g/mol. The SMILES string of the molecule is C/C=C\C(=O)OCC(CC)OC(=O)/C=C\C. The minimum atomic E-state index is -0.428. The summed E-state index contributed by atoms with van der Waals surface area (Å²) in [6.45, 7) is 5.40. The third-order valence-corrected chi connectivity index (χ3v) is 1.76. The first-order valence-electron chi connectivity index (χ1n) is 5.26. The third-order valence-electron chi connectivity index (χ3n) is 1.76. The Morgan fingerprint density at radius 1 is 1.12 bits per heavy atom. The molecule has 1 atom stereocenters. The average molecular weight is 226 g/mol. The van der Waals surface area contributed by atoms with Gasteiger partial charge in [-0.1, -0.05) is 19.1 Å². The molecule has 0 aromatic carbocycles. The van der Waals surface area contributed by atoms with Crippen LogP contribution in [0, 0.1) is 0 Å². The summed E-state index contributed by atoms with van der Waals surface area (Å²) in [6, 6.07) is 0. The summed E-state index contributed by atoms with van der Waals surface area (Å²) >= 11 is 0. The summed E-state index contributed by atoms with van der Waals surface area (Å²) in [6.07, 6.45) is 6.05. The predicted octanol–water partition coefficient (Wildman–Crippen LogP) is 2.00. The molecule has 0 aromatic rings. The fourth-order valence-corrected chi connectivity index (χ4v) is 0.934. The first kappa shape index (κ1) is 14.4. The molecular formula is C12H18O4. The van der Waals surface area contributed by atoms with E-state index in [1.807, 2.05) is 6.92 Å². The minimum absolute atomic E-state index is 0.0863. The maximum atomic E-state index is 11.1. The molecule has 0 saturated carbocycles. The van der Waals surface area contributed by atoms with Gasteiger partial charge in [-0.2, -0.15) is 0 Å². The maximum absolute atomic E-state index is 11.1. The molecule has 1 unspecified atom stereocenters. The minimum Gasteiger partial charge on any atom is -0.459 e. The van der Waals surface area contributed by atoms with E-state index in [1.165, 1.54) is 12.2 Å². The summed E-state index contributed by atoms with van der Waals surface area (Å²) in [5, 5.41) is 0. The van der Waals surface area contributed by atoms with Gasteiger partial charge < -0.3 is 9.47 Å². The summed E-state index contributed by atoms with van der Waals surface area (Å²) < 4.78 is 9.93. The Hall–Kier alpha value is -1.58. The molecule has 0 spiro atoms. The smallest absolute Gasteiger partial charge is 0.330 e. The molecule has 0 rings (SSSR count). The van der Waals surface area contributed by atoms with E-state index in [1.54, 1.807) is 26.0 Å². The molecule has 0 aliphatic rings. The zero-order valence-corrected chi connectivity index (χ0v) is 9.93. The van der Waals surface area contributed by atoms with Gasteiger partial charge in [0.2, 0.25) is 0 Å². The van der Waals surface area contributed by atoms with Gasteiger partial charge in [-0.3, -0.25) is 0 Å². The van der Waals surface area contributed by atoms with Gasteiger partial charge in [0.05, 0.1) is 0 Å². The van der Waals surface area contributed by atoms with Crippen molar-refractivity contribution in [3.8, 4) is 0 Å². The van der Waals surface area contributed by atoms with E-state index in [-0.39, 0.29) is 6.61 Å². The van der Waals surface area contributed by atoms with Crippen molar-refractivity contribution < 1.29 is 19.1 Å². The van der Waals surface area contributed by atoms with Crippen molar-refractivity contribution in [3.63, 3.8) is 0 Å². The van der Waals surface area contributed by atoms with Crippen LogP contribution < -0.4 is 0 Å². The number of hydrogen-bond donors (Lipinski definition) is 0. The number of rotatable bonds is 6. The first-order chi connectivity index (χ1) is 7.63. The highest BCUT2D eigenvalue weighted by Crippen LogP contribution is 2.01. The zero-order valence-electron chi connectivity index (χ0n) is 9.93. The second kappa shape index (κ2) is 8.71. The molecular weight excluding hydrogens is 208 g/mol. The van der Waals surface area contributed by atoms with Crippen molar-refractivity contribution in [2.75, 3.05) is 6.61 Å². The van der Waals surface area contributed by atoms with Crippen molar-refractivity contribution in [3.05, 3.63) is 24.3 Å². The predicted molar refractivity (Wildman–Crippen MR) is 60.8 cm³/mol. The molecule has 16 heavy (non-hydrogen) atoms. The Bertz CT molecular complexity index is 279. The number of ether oxygens (including phenoxy) is 2. The van der Waals surface area contributed by atoms with Gasteiger partial charge in [-0.05, 0) is 20.3 Å². The second-order valence-corrected chi connectivity index (χ2v) is 3.10. The summed E-state index contributed by atoms with van der Waals surface area (Å²) in [7, 11) is 0. The fraction of sp³-hybridized carbons (Fsp3) is 0.500. The van der Waals surface area contributed by atoms with Crippen LogP contribution in [0.15, 0.2) is 24.3 Å². The Kier molecular flexibility index (Phi) is 7.85. The van der Waals surface area contributed by atoms with E-state index in [9.17, 15) is 9.59 Å². The van der Waals surface area contributed by atoms with Crippen LogP contribution in [0.1, 0.15) is 27.2 Å². The summed E-state index contributed by atoms with van der Waals surface area (Å²) in [4.78, 5) is 22.1. The maximum Gasteiger partial charge on any atom is 0.330 e. The van der Waals surface area contributed by atoms with E-state index in [0.717, 1.165) is 0 Å². The van der Waals surface area contributed by atoms with Crippen LogP contribution in [-0.4, -0.2) is 24.6 Å². The van der Waals surface area contributed by atoms with Gasteiger partial charge in [0.15, 0.2) is 0 Å². The molecule has 0 saturated heterocycles. The van der Waals surface area contributed by atoms with Crippen LogP contribution in [0.5, 0.6) is 0 Å². The molecule has 0 fully saturated rings. The number of allylic oxidation sites excluding steroid dienone is 2. The molecule has 0 heterocycles. The number of carbonyl (C=O) groups excluding carboxylic acids is 2. The van der Waals surface area contributed by atoms with Crippen LogP contribution in [0.25, 0.3) is 0 Å². The van der Waals surface area contributed by atoms with E-state index in [2.05, 4.69) is 0 Å². The van der Waals surface area contributed by atoms with Crippen molar-refractivity contribution in [1.29, 1.82) is 0 Å². The van der Waals surface area contributed by atoms with E-state index >= 15 is 0 Å². The standard InChI is InChI=1S/C12H18O4/c1-4-7-11(13)15-9-10(6-3)16-12(14)8-5-2/h4-5,7-8,10H,6,9H2,1-3H3/b7-4-,8-5-. The number of esters is 2. The van der Waals surface area contributed by atoms with E-state index < -0.39 is 18.0 Å². The average Bonchev–Trinajstić information content (AvgIpc) is 2.25. The third kappa shape index (κ3) is 6.81. The van der Waals surface area contributed by atoms with Crippen molar-refractivity contribution in [2.24, 2.45) is 0 Å². The number of hydrogen-bond acceptors (Lipinski definition) is 4. The summed E-state index contributed by atoms with van der Waals surface area (Å²) in [5.41, 5.74) is 0. The van der Waals surface area contributed by atoms with Crippen LogP contribution in [0.4, 0.5) is 0 Å². The molecule has 0 amide bonds. The first-order valence-corrected chi connectivity index (χ1v) is 5.26. The molecule has 0 aliphatic heterocycles. The van der Waals surface area contributed by atoms with Crippen LogP contribution >= 0.6 is 0 Å². The van der Waals surface area contributed by atoms with Gasteiger partial charge in [-0.15, -0.1) is 0 Å². The molecule has 4 heteroatoms. The van der Waals surface area contributed by atoms with Crippen LogP contribution in [0.2, 0.25) is 0 Å². The van der Waals surface area contributed by atoms with E-state index in [0.29, 0.717) is 6.42 Å². The topological polar surface area (TPSA) is 52.6 Å². The van der Waals surface area contributed by atoms with Crippen LogP contribution in [0.3, 0.4) is 0 Å². The highest BCUT2D eigenvalue weighted by molar-refractivity contribution is 5.82. The largest absolute Gasteiger partial charge is 0.459 e. The lowest BCUT2D eigenvalue weighted by atomic mass is 10.3. The molecule has 90 valence electrons. The molecule has 4 nitrogen and oxygen atoms in total. The van der Waals surface area contributed by atoms with Gasteiger partial charge in [0.25, 0.3) is 0 Å². The Balaban J connectivity index is 4.01. The zero-order chi connectivity index (χ0) is 12.4. The molecule has 0 radical (unpaired) electrons. The van der Waals surface area contributed by atoms with Crippen LogP contribution in [-0.2, 0) is 19.1 Å². The highest BCUT2D eigenvalue weighted by Gasteiger charge is 2.12. The Labute approximate surface area is 95.9 Å². The fourth-order valence-electron chi connectivity index (χ4n) is 0.934. The van der Waals surface area contributed by atoms with E-state index in [4.69, 9.17) is 9.47 Å². The molecule has 0 aromatic heterocycles. The molecule has 0 aliphatic carbocycles. The van der Waals surface area contributed by atoms with Gasteiger partial charge >= 0.3 is 11.9 Å². The Morgan fingerprint density at radius 2 is 1.69 bits per heavy atom. The quantitative estimate of drug-likeness (QED) is 0.513. The van der Waals surface area contributed by atoms with Gasteiger partial charge in [-0.25, -0.2) is 9.59 Å². The van der Waals surface area contributed by atoms with Gasteiger partial charge in [0, 0.05) is 12.2 Å². The second-order valence-electron chi connectivity index (χ2n) is 3.10. The summed E-state index contributed by atoms with van der Waals surface area (Å²) in [5.74, 6) is -0.848. The molecule has 0 N–H and O–H groups in total. The number of carbonyl (C=O) groups is 2. The lowest BCUT2D eigenvalue weighted by molar-refractivity contribution is -0.152. The van der Waals surface area contributed by atoms with Gasteiger partial charge in [0.1, 0.15) is 12.7 Å².